The van der Waals surface area contributed by atoms with Gasteiger partial charge in [0.25, 0.3) is 0 Å². The monoisotopic (exact) mass is 437 g/mol. The van der Waals surface area contributed by atoms with Crippen LogP contribution in [0, 0.1) is 23.2 Å². The number of methoxy groups -OCH3 is 1. The first-order valence-electron chi connectivity index (χ1n) is 10.6. The Labute approximate surface area is 180 Å². The zero-order chi connectivity index (χ0) is 22.7. The molecule has 0 saturated heterocycles. The predicted octanol–water partition coefficient (Wildman–Crippen LogP) is 3.04. The van der Waals surface area contributed by atoms with E-state index < -0.39 is 17.6 Å². The number of aromatic nitrogens is 1. The Morgan fingerprint density at radius 3 is 2.71 bits per heavy atom. The number of nitrogen functional groups attached to an aromatic ring is 1. The average Bonchev–Trinajstić information content (AvgIpc) is 3.41. The number of nitrogens with two attached hydrogens (primary N) is 2. The minimum absolute atomic E-state index is 0.0228. The zero-order valence-corrected chi connectivity index (χ0v) is 18.3. The maximum atomic E-state index is 13.2. The van der Waals surface area contributed by atoms with Crippen molar-refractivity contribution in [1.29, 1.82) is 0 Å². The van der Waals surface area contributed by atoms with E-state index >= 15 is 0 Å². The molecule has 4 saturated carbocycles. The molecule has 4 aliphatic carbocycles. The lowest BCUT2D eigenvalue weighted by molar-refractivity contribution is -0.137. The second kappa shape index (κ2) is 7.48. The molecule has 6 nitrogen and oxygen atoms in total. The summed E-state index contributed by atoms with van der Waals surface area (Å²) in [7, 11) is 3.83. The quantitative estimate of drug-likeness (QED) is 0.610. The number of pyridine rings is 1. The van der Waals surface area contributed by atoms with E-state index in [0.29, 0.717) is 30.4 Å². The lowest BCUT2D eigenvalue weighted by atomic mass is 9.97. The summed E-state index contributed by atoms with van der Waals surface area (Å²) < 4.78 is 44.9. The second-order valence-electron chi connectivity index (χ2n) is 9.23. The molecule has 31 heavy (non-hydrogen) atoms. The molecule has 4 aliphatic rings. The Morgan fingerprint density at radius 2 is 2.13 bits per heavy atom. The van der Waals surface area contributed by atoms with Crippen molar-refractivity contribution >= 4 is 17.2 Å². The molecule has 5 rings (SSSR count). The number of anilines is 1. The number of allylic oxidation sites excluding steroid dienone is 1. The van der Waals surface area contributed by atoms with Crippen LogP contribution in [0.1, 0.15) is 31.4 Å². The molecule has 4 N–H and O–H groups in total. The van der Waals surface area contributed by atoms with E-state index in [1.165, 1.54) is 6.20 Å². The highest BCUT2D eigenvalue weighted by molar-refractivity contribution is 6.10. The average molecular weight is 438 g/mol. The number of hydrogen-bond donors (Lipinski definition) is 2. The Balaban J connectivity index is 1.60. The van der Waals surface area contributed by atoms with Crippen molar-refractivity contribution < 1.29 is 17.9 Å². The Bertz CT molecular complexity index is 922. The van der Waals surface area contributed by atoms with Gasteiger partial charge in [0.05, 0.1) is 12.2 Å². The number of nitrogens with zero attached hydrogens (tertiary/aromatic N) is 3. The number of fused-ring (bicyclic) bond motifs is 1. The van der Waals surface area contributed by atoms with Crippen LogP contribution >= 0.6 is 0 Å². The van der Waals surface area contributed by atoms with Crippen LogP contribution in [0.5, 0.6) is 0 Å². The molecular weight excluding hydrogens is 407 g/mol. The summed E-state index contributed by atoms with van der Waals surface area (Å²) in [5, 5.41) is 0. The molecule has 0 aromatic carbocycles. The van der Waals surface area contributed by atoms with Gasteiger partial charge in [0.15, 0.2) is 0 Å². The van der Waals surface area contributed by atoms with E-state index in [2.05, 4.69) is 16.9 Å². The zero-order valence-electron chi connectivity index (χ0n) is 18.3. The summed E-state index contributed by atoms with van der Waals surface area (Å²) in [6.07, 6.45) is -0.424. The van der Waals surface area contributed by atoms with Gasteiger partial charge in [-0.3, -0.25) is 4.99 Å². The van der Waals surface area contributed by atoms with Crippen molar-refractivity contribution in [2.24, 2.45) is 33.9 Å². The number of halogens is 3. The van der Waals surface area contributed by atoms with Crippen LogP contribution in [0.15, 0.2) is 23.3 Å². The standard InChI is InChI=1S/C22H30F3N5O/c1-11(2)29-17(9-15(26)12-7-14(22(23,24)25)20(27)28-10-12)21-13-8-16(19(21)18(13)21)30(3)5-6-31-4/h7,9-11,13,16,18-19H,5-6,8,26H2,1-4H3,(H2,27,28)/t13-,16?,18-,19?,21-/m0/s1. The smallest absolute Gasteiger partial charge is 0.398 e. The SMILES string of the molecule is COCCN(C)C1C[C@H]2[C@H]3C1[C@@]32C(C=C(N)c1cnc(N)c(C(F)(F)F)c1)=NC(C)C. The molecule has 1 aromatic rings. The van der Waals surface area contributed by atoms with Crippen molar-refractivity contribution in [1.82, 2.24) is 9.88 Å². The number of likely N-dealkylation sites (N-methyl/N-ethyl adjacent to an activating group) is 1. The third-order valence-electron chi connectivity index (χ3n) is 7.13. The Morgan fingerprint density at radius 1 is 1.42 bits per heavy atom. The predicted molar refractivity (Wildman–Crippen MR) is 114 cm³/mol. The normalized spacial score (nSPS) is 32.0. The van der Waals surface area contributed by atoms with Crippen LogP contribution in [-0.4, -0.2) is 55.0 Å². The third kappa shape index (κ3) is 3.51. The van der Waals surface area contributed by atoms with Crippen molar-refractivity contribution in [3.8, 4) is 0 Å². The molecule has 0 amide bonds. The highest BCUT2D eigenvalue weighted by atomic mass is 19.4. The lowest BCUT2D eigenvalue weighted by Crippen LogP contribution is -2.34. The molecule has 170 valence electrons. The van der Waals surface area contributed by atoms with Gasteiger partial charge in [0, 0.05) is 54.3 Å². The fraction of sp³-hybridized carbons (Fsp3) is 0.636. The van der Waals surface area contributed by atoms with E-state index in [4.69, 9.17) is 21.2 Å². The van der Waals surface area contributed by atoms with Gasteiger partial charge >= 0.3 is 6.18 Å². The molecule has 2 bridgehead atoms. The van der Waals surface area contributed by atoms with E-state index in [-0.39, 0.29) is 22.7 Å². The lowest BCUT2D eigenvalue weighted by Gasteiger charge is -2.24. The molecule has 2 unspecified atom stereocenters. The number of aliphatic imine (C=N–C) groups is 1. The van der Waals surface area contributed by atoms with Crippen molar-refractivity contribution in [3.63, 3.8) is 0 Å². The van der Waals surface area contributed by atoms with Crippen molar-refractivity contribution in [3.05, 3.63) is 29.5 Å². The largest absolute Gasteiger partial charge is 0.419 e. The third-order valence-corrected chi connectivity index (χ3v) is 7.13. The molecule has 0 aliphatic heterocycles. The van der Waals surface area contributed by atoms with Crippen LogP contribution in [0.4, 0.5) is 19.0 Å². The van der Waals surface area contributed by atoms with Gasteiger partial charge in [-0.2, -0.15) is 13.2 Å². The molecule has 4 fully saturated rings. The van der Waals surface area contributed by atoms with Gasteiger partial charge < -0.3 is 21.1 Å². The molecule has 5 atom stereocenters. The number of alkyl halides is 3. The second-order valence-corrected chi connectivity index (χ2v) is 9.23. The summed E-state index contributed by atoms with van der Waals surface area (Å²) in [6.45, 7) is 5.56. The summed E-state index contributed by atoms with van der Waals surface area (Å²) >= 11 is 0. The van der Waals surface area contributed by atoms with Crippen molar-refractivity contribution in [2.75, 3.05) is 33.0 Å². The summed E-state index contributed by atoms with van der Waals surface area (Å²) in [4.78, 5) is 10.9. The topological polar surface area (TPSA) is 89.8 Å². The van der Waals surface area contributed by atoms with Crippen molar-refractivity contribution in [2.45, 2.75) is 38.5 Å². The summed E-state index contributed by atoms with van der Waals surface area (Å²) in [5.74, 6) is 1.14. The minimum Gasteiger partial charge on any atom is -0.398 e. The van der Waals surface area contributed by atoms with Gasteiger partial charge in [0.1, 0.15) is 5.82 Å². The first-order valence-corrected chi connectivity index (χ1v) is 10.6. The molecule has 1 heterocycles. The van der Waals surface area contributed by atoms with Gasteiger partial charge in [0.2, 0.25) is 0 Å². The molecule has 1 aromatic heterocycles. The molecule has 0 spiro atoms. The van der Waals surface area contributed by atoms with Gasteiger partial charge in [-0.1, -0.05) is 0 Å². The number of rotatable bonds is 8. The van der Waals surface area contributed by atoms with Gasteiger partial charge in [-0.05, 0) is 57.2 Å². The summed E-state index contributed by atoms with van der Waals surface area (Å²) in [6, 6.07) is 1.51. The van der Waals surface area contributed by atoms with Crippen LogP contribution in [0.25, 0.3) is 5.70 Å². The van der Waals surface area contributed by atoms with E-state index in [9.17, 15) is 13.2 Å². The van der Waals surface area contributed by atoms with Crippen LogP contribution in [0.2, 0.25) is 0 Å². The van der Waals surface area contributed by atoms with Crippen LogP contribution < -0.4 is 11.5 Å². The maximum absolute atomic E-state index is 13.2. The molecular formula is C22H30F3N5O. The number of hydrogen-bond acceptors (Lipinski definition) is 6. The Kier molecular flexibility index (Phi) is 5.33. The van der Waals surface area contributed by atoms with Crippen LogP contribution in [0.3, 0.4) is 0 Å². The fourth-order valence-corrected chi connectivity index (χ4v) is 5.69. The maximum Gasteiger partial charge on any atom is 0.419 e. The van der Waals surface area contributed by atoms with E-state index in [1.807, 2.05) is 13.8 Å². The first-order chi connectivity index (χ1) is 14.5. The highest BCUT2D eigenvalue weighted by Crippen LogP contribution is 2.92. The molecule has 9 heteroatoms. The van der Waals surface area contributed by atoms with Gasteiger partial charge in [-0.25, -0.2) is 4.98 Å². The summed E-state index contributed by atoms with van der Waals surface area (Å²) in [5.41, 5.74) is 12.1. The van der Waals surface area contributed by atoms with E-state index in [0.717, 1.165) is 24.7 Å². The highest BCUT2D eigenvalue weighted by Gasteiger charge is 2.93. The fourth-order valence-electron chi connectivity index (χ4n) is 5.69. The van der Waals surface area contributed by atoms with E-state index in [1.54, 1.807) is 13.2 Å². The number of ether oxygens (including phenoxy) is 1. The van der Waals surface area contributed by atoms with Crippen LogP contribution in [-0.2, 0) is 10.9 Å². The van der Waals surface area contributed by atoms with Gasteiger partial charge in [-0.15, -0.1) is 0 Å². The Hall–Kier alpha value is -2.13. The molecule has 0 radical (unpaired) electrons. The first kappa shape index (κ1) is 22.1. The minimum atomic E-state index is -4.59.